The van der Waals surface area contributed by atoms with Gasteiger partial charge in [-0.05, 0) is 25.1 Å². The van der Waals surface area contributed by atoms with Crippen molar-refractivity contribution in [3.8, 4) is 0 Å². The molecule has 1 aliphatic heterocycles. The molecule has 4 rings (SSSR count). The first-order valence-corrected chi connectivity index (χ1v) is 9.08. The van der Waals surface area contributed by atoms with Crippen molar-refractivity contribution in [1.82, 2.24) is 14.5 Å². The molecule has 0 amide bonds. The Kier molecular flexibility index (Phi) is 4.68. The number of aromatic nitrogens is 3. The number of hydrogen-bond acceptors (Lipinski definition) is 7. The van der Waals surface area contributed by atoms with Crippen LogP contribution in [0.3, 0.4) is 0 Å². The van der Waals surface area contributed by atoms with Gasteiger partial charge in [0.15, 0.2) is 6.23 Å². The number of hydrogen-bond donors (Lipinski definition) is 3. The van der Waals surface area contributed by atoms with Gasteiger partial charge in [-0.25, -0.2) is 9.97 Å². The number of benzene rings is 1. The third-order valence-electron chi connectivity index (χ3n) is 4.50. The van der Waals surface area contributed by atoms with Crippen LogP contribution in [0.25, 0.3) is 11.0 Å². The number of ether oxygens (including phenoxy) is 1. The maximum Gasteiger partial charge on any atom is 0.164 e. The van der Waals surface area contributed by atoms with Crippen LogP contribution < -0.4 is 0 Å². The van der Waals surface area contributed by atoms with Crippen molar-refractivity contribution in [3.05, 3.63) is 48.4 Å². The summed E-state index contributed by atoms with van der Waals surface area (Å²) in [5, 5.41) is 31.2. The second kappa shape index (κ2) is 6.98. The van der Waals surface area contributed by atoms with Gasteiger partial charge in [-0.15, -0.1) is 0 Å². The zero-order valence-corrected chi connectivity index (χ0v) is 14.9. The van der Waals surface area contributed by atoms with Crippen LogP contribution in [0, 0.1) is 6.92 Å². The number of nitrogens with zero attached hydrogens (tertiary/aromatic N) is 3. The second-order valence-electron chi connectivity index (χ2n) is 6.28. The normalized spacial score (nSPS) is 25.8. The molecule has 3 heterocycles. The first-order chi connectivity index (χ1) is 12.6. The van der Waals surface area contributed by atoms with Crippen LogP contribution in [-0.2, 0) is 4.74 Å². The van der Waals surface area contributed by atoms with E-state index in [0.29, 0.717) is 5.65 Å². The van der Waals surface area contributed by atoms with Crippen molar-refractivity contribution >= 4 is 22.8 Å². The van der Waals surface area contributed by atoms with E-state index in [1.165, 1.54) is 23.7 Å². The Hall–Kier alpha value is -1.97. The third kappa shape index (κ3) is 3.00. The lowest BCUT2D eigenvalue weighted by atomic mass is 10.1. The molecule has 1 unspecified atom stereocenters. The van der Waals surface area contributed by atoms with E-state index in [0.717, 1.165) is 15.3 Å². The van der Waals surface area contributed by atoms with Crippen molar-refractivity contribution in [2.24, 2.45) is 0 Å². The molecule has 0 bridgehead atoms. The molecule has 7 nitrogen and oxygen atoms in total. The quantitative estimate of drug-likeness (QED) is 0.596. The highest BCUT2D eigenvalue weighted by molar-refractivity contribution is 7.99. The molecule has 0 aliphatic carbocycles. The summed E-state index contributed by atoms with van der Waals surface area (Å²) in [5.74, 6) is 0. The first kappa shape index (κ1) is 17.4. The van der Waals surface area contributed by atoms with Gasteiger partial charge in [0.25, 0.3) is 0 Å². The van der Waals surface area contributed by atoms with Gasteiger partial charge in [0, 0.05) is 11.1 Å². The van der Waals surface area contributed by atoms with Gasteiger partial charge in [0.05, 0.1) is 12.0 Å². The SMILES string of the molecule is Cc1ccc(Sc2ncnc3c2ccn3[C@@H]2O[C@H](CO)[C@H](O)C2O)cc1. The van der Waals surface area contributed by atoms with Crippen molar-refractivity contribution in [2.75, 3.05) is 6.61 Å². The Morgan fingerprint density at radius 3 is 2.58 bits per heavy atom. The van der Waals surface area contributed by atoms with E-state index in [4.69, 9.17) is 4.74 Å². The zero-order valence-electron chi connectivity index (χ0n) is 14.1. The lowest BCUT2D eigenvalue weighted by Crippen LogP contribution is -2.33. The largest absolute Gasteiger partial charge is 0.394 e. The molecule has 4 atom stereocenters. The molecule has 26 heavy (non-hydrogen) atoms. The minimum Gasteiger partial charge on any atom is -0.394 e. The summed E-state index contributed by atoms with van der Waals surface area (Å²) < 4.78 is 7.27. The minimum atomic E-state index is -1.15. The predicted molar refractivity (Wildman–Crippen MR) is 95.8 cm³/mol. The van der Waals surface area contributed by atoms with Gasteiger partial charge in [-0.2, -0.15) is 0 Å². The van der Waals surface area contributed by atoms with Crippen LogP contribution in [0.4, 0.5) is 0 Å². The summed E-state index contributed by atoms with van der Waals surface area (Å²) >= 11 is 1.53. The topological polar surface area (TPSA) is 101 Å². The van der Waals surface area contributed by atoms with Crippen LogP contribution in [-0.4, -0.2) is 54.8 Å². The maximum atomic E-state index is 10.3. The molecule has 1 fully saturated rings. The number of aliphatic hydroxyl groups excluding tert-OH is 3. The maximum absolute atomic E-state index is 10.3. The first-order valence-electron chi connectivity index (χ1n) is 8.27. The van der Waals surface area contributed by atoms with E-state index in [-0.39, 0.29) is 6.61 Å². The van der Waals surface area contributed by atoms with Gasteiger partial charge < -0.3 is 24.6 Å². The fraction of sp³-hybridized carbons (Fsp3) is 0.333. The fourth-order valence-electron chi connectivity index (χ4n) is 3.06. The molecule has 8 heteroatoms. The molecule has 2 aromatic heterocycles. The molecule has 136 valence electrons. The van der Waals surface area contributed by atoms with Crippen molar-refractivity contribution in [3.63, 3.8) is 0 Å². The summed E-state index contributed by atoms with van der Waals surface area (Å²) in [7, 11) is 0. The summed E-state index contributed by atoms with van der Waals surface area (Å²) in [6, 6.07) is 10.0. The summed E-state index contributed by atoms with van der Waals surface area (Å²) in [6.45, 7) is 1.68. The van der Waals surface area contributed by atoms with E-state index in [2.05, 4.69) is 9.97 Å². The van der Waals surface area contributed by atoms with Crippen LogP contribution in [0.2, 0.25) is 0 Å². The van der Waals surface area contributed by atoms with Gasteiger partial charge in [0.1, 0.15) is 35.3 Å². The third-order valence-corrected chi connectivity index (χ3v) is 5.53. The second-order valence-corrected chi connectivity index (χ2v) is 7.35. The molecule has 0 saturated carbocycles. The van der Waals surface area contributed by atoms with E-state index in [1.54, 1.807) is 10.8 Å². The fourth-order valence-corrected chi connectivity index (χ4v) is 3.93. The van der Waals surface area contributed by atoms with Gasteiger partial charge >= 0.3 is 0 Å². The molecule has 1 saturated heterocycles. The van der Waals surface area contributed by atoms with Crippen molar-refractivity contribution < 1.29 is 20.1 Å². The lowest BCUT2D eigenvalue weighted by molar-refractivity contribution is -0.0508. The molecular formula is C18H19N3O4S. The van der Waals surface area contributed by atoms with E-state index < -0.39 is 24.5 Å². The minimum absolute atomic E-state index is 0.364. The number of fused-ring (bicyclic) bond motifs is 1. The van der Waals surface area contributed by atoms with E-state index in [9.17, 15) is 15.3 Å². The summed E-state index contributed by atoms with van der Waals surface area (Å²) in [6.07, 6.45) is -0.714. The smallest absolute Gasteiger partial charge is 0.164 e. The van der Waals surface area contributed by atoms with Gasteiger partial charge in [0.2, 0.25) is 0 Å². The standard InChI is InChI=1S/C18H19N3O4S/c1-10-2-4-11(5-3-10)26-17-12-6-7-21(16(12)19-9-20-17)18-15(24)14(23)13(8-22)25-18/h2-7,9,13-15,18,22-24H,8H2,1H3/t13-,14+,15?,18-/m1/s1. The Bertz CT molecular complexity index is 914. The Balaban J connectivity index is 1.68. The molecule has 3 aromatic rings. The van der Waals surface area contributed by atoms with Crippen LogP contribution in [0.15, 0.2) is 52.8 Å². The average Bonchev–Trinajstić information content (AvgIpc) is 3.19. The Morgan fingerprint density at radius 1 is 1.12 bits per heavy atom. The molecule has 3 N–H and O–H groups in total. The Morgan fingerprint density at radius 2 is 1.88 bits per heavy atom. The molecule has 0 spiro atoms. The lowest BCUT2D eigenvalue weighted by Gasteiger charge is -2.17. The van der Waals surface area contributed by atoms with Crippen LogP contribution in [0.5, 0.6) is 0 Å². The highest BCUT2D eigenvalue weighted by Gasteiger charge is 2.43. The number of aryl methyl sites for hydroxylation is 1. The molecule has 1 aromatic carbocycles. The number of aliphatic hydroxyl groups is 3. The van der Waals surface area contributed by atoms with Crippen molar-refractivity contribution in [2.45, 2.75) is 41.4 Å². The van der Waals surface area contributed by atoms with Crippen LogP contribution in [0.1, 0.15) is 11.8 Å². The van der Waals surface area contributed by atoms with Crippen LogP contribution >= 0.6 is 11.8 Å². The van der Waals surface area contributed by atoms with E-state index in [1.807, 2.05) is 37.3 Å². The van der Waals surface area contributed by atoms with Crippen molar-refractivity contribution in [1.29, 1.82) is 0 Å². The highest BCUT2D eigenvalue weighted by Crippen LogP contribution is 2.35. The highest BCUT2D eigenvalue weighted by atomic mass is 32.2. The average molecular weight is 373 g/mol. The van der Waals surface area contributed by atoms with E-state index >= 15 is 0 Å². The molecule has 1 aliphatic rings. The monoisotopic (exact) mass is 373 g/mol. The Labute approximate surface area is 154 Å². The summed E-state index contributed by atoms with van der Waals surface area (Å²) in [4.78, 5) is 9.76. The summed E-state index contributed by atoms with van der Waals surface area (Å²) in [5.41, 5.74) is 1.79. The zero-order chi connectivity index (χ0) is 18.3. The molecular weight excluding hydrogens is 354 g/mol. The van der Waals surface area contributed by atoms with Gasteiger partial charge in [-0.3, -0.25) is 0 Å². The molecule has 0 radical (unpaired) electrons. The predicted octanol–water partition coefficient (Wildman–Crippen LogP) is 1.50. The van der Waals surface area contributed by atoms with Gasteiger partial charge in [-0.1, -0.05) is 29.5 Å². The number of rotatable bonds is 4.